The van der Waals surface area contributed by atoms with Crippen molar-refractivity contribution in [2.45, 2.75) is 138 Å². The third kappa shape index (κ3) is 4.75. The summed E-state index contributed by atoms with van der Waals surface area (Å²) < 4.78 is 6.14. The van der Waals surface area contributed by atoms with Gasteiger partial charge in [-0.2, -0.15) is 0 Å². The number of carbonyl (C=O) groups excluding carboxylic acids is 2. The van der Waals surface area contributed by atoms with Gasteiger partial charge in [-0.1, -0.05) is 46.8 Å². The number of esters is 1. The second kappa shape index (κ2) is 10.8. The molecule has 0 radical (unpaired) electrons. The maximum Gasteiger partial charge on any atom is 0.314 e. The number of fused-ring (bicyclic) bond motifs is 7. The number of carboxylic acids is 1. The molecule has 0 spiro atoms. The lowest BCUT2D eigenvalue weighted by Gasteiger charge is -2.73. The van der Waals surface area contributed by atoms with Gasteiger partial charge in [0, 0.05) is 18.0 Å². The van der Waals surface area contributed by atoms with E-state index in [2.05, 4.69) is 58.8 Å². The first-order chi connectivity index (χ1) is 20.3. The third-order valence-corrected chi connectivity index (χ3v) is 15.0. The molecule has 5 fully saturated rings. The van der Waals surface area contributed by atoms with E-state index >= 15 is 0 Å². The largest absolute Gasteiger partial charge is 0.481 e. The lowest BCUT2D eigenvalue weighted by molar-refractivity contribution is -0.246. The molecule has 0 heterocycles. The molecule has 7 nitrogen and oxygen atoms in total. The lowest BCUT2D eigenvalue weighted by Crippen LogP contribution is -2.69. The Morgan fingerprint density at radius 3 is 2.18 bits per heavy atom. The van der Waals surface area contributed by atoms with Crippen molar-refractivity contribution in [3.63, 3.8) is 0 Å². The van der Waals surface area contributed by atoms with Crippen LogP contribution in [0, 0.1) is 56.7 Å². The van der Waals surface area contributed by atoms with E-state index in [9.17, 15) is 19.5 Å². The van der Waals surface area contributed by atoms with E-state index in [1.54, 1.807) is 20.9 Å². The number of urea groups is 1. The molecule has 1 unspecified atom stereocenters. The van der Waals surface area contributed by atoms with Gasteiger partial charge in [0.25, 0.3) is 0 Å². The van der Waals surface area contributed by atoms with Crippen LogP contribution in [0.4, 0.5) is 4.79 Å². The van der Waals surface area contributed by atoms with Gasteiger partial charge in [-0.15, -0.1) is 0 Å². The molecule has 0 bridgehead atoms. The van der Waals surface area contributed by atoms with Gasteiger partial charge < -0.3 is 20.5 Å². The first-order valence-electron chi connectivity index (χ1n) is 17.4. The summed E-state index contributed by atoms with van der Waals surface area (Å²) in [5.41, 5.74) is 0.295. The van der Waals surface area contributed by atoms with Crippen LogP contribution in [0.15, 0.2) is 12.2 Å². The number of rotatable bonds is 6. The monoisotopic (exact) mass is 612 g/mol. The quantitative estimate of drug-likeness (QED) is 0.210. The molecule has 7 heteroatoms. The smallest absolute Gasteiger partial charge is 0.314 e. The highest BCUT2D eigenvalue weighted by Crippen LogP contribution is 2.76. The Morgan fingerprint density at radius 2 is 1.57 bits per heavy atom. The van der Waals surface area contributed by atoms with Crippen LogP contribution < -0.4 is 10.6 Å². The Morgan fingerprint density at radius 1 is 0.886 bits per heavy atom. The molecule has 0 aromatic heterocycles. The van der Waals surface area contributed by atoms with E-state index in [-0.39, 0.29) is 45.8 Å². The topological polar surface area (TPSA) is 105 Å². The normalized spacial score (nSPS) is 44.2. The number of ether oxygens (including phenoxy) is 1. The number of hydrogen-bond donors (Lipinski definition) is 3. The minimum Gasteiger partial charge on any atom is -0.481 e. The van der Waals surface area contributed by atoms with Crippen molar-refractivity contribution < 1.29 is 24.2 Å². The molecule has 0 saturated heterocycles. The summed E-state index contributed by atoms with van der Waals surface area (Å²) in [5.74, 6) is 1.05. The molecule has 10 atom stereocenters. The number of nitrogens with one attached hydrogen (secondary N) is 2. The van der Waals surface area contributed by atoms with E-state index in [0.29, 0.717) is 29.6 Å². The zero-order chi connectivity index (χ0) is 32.7. The van der Waals surface area contributed by atoms with Crippen LogP contribution in [0.25, 0.3) is 0 Å². The van der Waals surface area contributed by atoms with Crippen LogP contribution in [0.5, 0.6) is 0 Å². The SMILES string of the molecule is C=C(C)[C@@H]1CC[C@]2(NC(=O)NC)CC[C@]3(C)[C@H](CC[C@@H]4[C@@]5(C)CCC(OC(=O)CC(C)(C)C(=O)O)C(C)(C)[C@@H]5CC[C@]43C)[C@@H]12. The molecule has 5 saturated carbocycles. The molecular weight excluding hydrogens is 552 g/mol. The van der Waals surface area contributed by atoms with E-state index in [1.807, 2.05) is 0 Å². The summed E-state index contributed by atoms with van der Waals surface area (Å²) >= 11 is 0. The molecule has 0 aromatic rings. The van der Waals surface area contributed by atoms with Crippen LogP contribution in [-0.2, 0) is 14.3 Å². The molecule has 5 aliphatic rings. The van der Waals surface area contributed by atoms with Crippen molar-refractivity contribution in [2.24, 2.45) is 56.7 Å². The maximum absolute atomic E-state index is 13.0. The fourth-order valence-electron chi connectivity index (χ4n) is 12.5. The van der Waals surface area contributed by atoms with Crippen LogP contribution in [0.1, 0.15) is 126 Å². The van der Waals surface area contributed by atoms with Crippen molar-refractivity contribution in [2.75, 3.05) is 7.05 Å². The van der Waals surface area contributed by atoms with Gasteiger partial charge in [0.15, 0.2) is 0 Å². The minimum absolute atomic E-state index is 0.0555. The molecule has 2 amide bonds. The van der Waals surface area contributed by atoms with Crippen molar-refractivity contribution >= 4 is 18.0 Å². The molecular formula is C37H60N2O5. The zero-order valence-corrected chi connectivity index (χ0v) is 29.0. The number of amides is 2. The highest BCUT2D eigenvalue weighted by atomic mass is 16.5. The lowest BCUT2D eigenvalue weighted by atomic mass is 9.32. The van der Waals surface area contributed by atoms with Crippen molar-refractivity contribution in [1.29, 1.82) is 0 Å². The van der Waals surface area contributed by atoms with E-state index in [4.69, 9.17) is 4.74 Å². The summed E-state index contributed by atoms with van der Waals surface area (Å²) in [7, 11) is 1.72. The first kappa shape index (κ1) is 33.3. The average molecular weight is 613 g/mol. The summed E-state index contributed by atoms with van der Waals surface area (Å²) in [6.45, 7) is 22.2. The van der Waals surface area contributed by atoms with Crippen molar-refractivity contribution in [1.82, 2.24) is 10.6 Å². The molecule has 5 rings (SSSR count). The Kier molecular flexibility index (Phi) is 8.14. The van der Waals surface area contributed by atoms with Gasteiger partial charge in [-0.3, -0.25) is 9.59 Å². The summed E-state index contributed by atoms with van der Waals surface area (Å²) in [6, 6.07) is -0.0555. The van der Waals surface area contributed by atoms with Crippen LogP contribution in [0.2, 0.25) is 0 Å². The molecule has 248 valence electrons. The summed E-state index contributed by atoms with van der Waals surface area (Å²) in [6.07, 6.45) is 10.5. The highest BCUT2D eigenvalue weighted by molar-refractivity contribution is 5.81. The van der Waals surface area contributed by atoms with Crippen molar-refractivity contribution in [3.05, 3.63) is 12.2 Å². The molecule has 0 aliphatic heterocycles. The van der Waals surface area contributed by atoms with Gasteiger partial charge in [0.1, 0.15) is 6.10 Å². The number of hydrogen-bond acceptors (Lipinski definition) is 4. The minimum atomic E-state index is -1.14. The Balaban J connectivity index is 1.42. The number of carboxylic acid groups (broad SMARTS) is 1. The molecule has 44 heavy (non-hydrogen) atoms. The second-order valence-electron chi connectivity index (χ2n) is 17.8. The summed E-state index contributed by atoms with van der Waals surface area (Å²) in [5, 5.41) is 15.9. The highest BCUT2D eigenvalue weighted by Gasteiger charge is 2.71. The number of carbonyl (C=O) groups is 3. The Bertz CT molecular complexity index is 1210. The predicted molar refractivity (Wildman–Crippen MR) is 173 cm³/mol. The van der Waals surface area contributed by atoms with E-state index in [0.717, 1.165) is 44.9 Å². The van der Waals surface area contributed by atoms with E-state index in [1.165, 1.54) is 24.8 Å². The second-order valence-corrected chi connectivity index (χ2v) is 17.8. The molecule has 3 N–H and O–H groups in total. The Hall–Kier alpha value is -2.05. The fraction of sp³-hybridized carbons (Fsp3) is 0.865. The Labute approximate surface area is 266 Å². The van der Waals surface area contributed by atoms with Gasteiger partial charge in [-0.25, -0.2) is 4.79 Å². The fourth-order valence-corrected chi connectivity index (χ4v) is 12.5. The van der Waals surface area contributed by atoms with Crippen LogP contribution in [-0.4, -0.2) is 41.8 Å². The predicted octanol–water partition coefficient (Wildman–Crippen LogP) is 7.74. The average Bonchev–Trinajstić information content (AvgIpc) is 3.30. The maximum atomic E-state index is 13.0. The summed E-state index contributed by atoms with van der Waals surface area (Å²) in [4.78, 5) is 37.4. The molecule has 5 aliphatic carbocycles. The zero-order valence-electron chi connectivity index (χ0n) is 29.0. The standard InChI is InChI=1S/C37H60N2O5/c1-22(2)23-13-18-37(39-31(43)38-10)20-19-35(8)24(29(23)37)11-12-26-34(7)16-15-27(44-28(40)21-32(3,4)30(41)42)33(5,6)25(34)14-17-36(26,35)9/h23-27,29H,1,11-21H2,2-10H3,(H,41,42)(H2,38,39,43)/t23-,24+,25-,26+,27?,29+,34-,35+,36+,37-/m0/s1. The molecule has 0 aromatic carbocycles. The van der Waals surface area contributed by atoms with Crippen LogP contribution >= 0.6 is 0 Å². The van der Waals surface area contributed by atoms with Gasteiger partial charge in [-0.05, 0) is 131 Å². The first-order valence-corrected chi connectivity index (χ1v) is 17.4. The number of aliphatic carboxylic acids is 1. The van der Waals surface area contributed by atoms with Gasteiger partial charge in [0.05, 0.1) is 11.8 Å². The van der Waals surface area contributed by atoms with Crippen molar-refractivity contribution in [3.8, 4) is 0 Å². The van der Waals surface area contributed by atoms with Crippen LogP contribution in [0.3, 0.4) is 0 Å². The van der Waals surface area contributed by atoms with Gasteiger partial charge in [0.2, 0.25) is 0 Å². The van der Waals surface area contributed by atoms with Gasteiger partial charge >= 0.3 is 18.0 Å². The number of allylic oxidation sites excluding steroid dienone is 1. The third-order valence-electron chi connectivity index (χ3n) is 15.0. The van der Waals surface area contributed by atoms with E-state index < -0.39 is 17.4 Å².